The Labute approximate surface area is 139 Å². The number of amides is 1. The summed E-state index contributed by atoms with van der Waals surface area (Å²) >= 11 is 0. The second-order valence-corrected chi connectivity index (χ2v) is 6.70. The lowest BCUT2D eigenvalue weighted by Crippen LogP contribution is -2.56. The molecule has 1 atom stereocenters. The van der Waals surface area contributed by atoms with Gasteiger partial charge in [0.15, 0.2) is 0 Å². The maximum Gasteiger partial charge on any atom is 0.331 e. The van der Waals surface area contributed by atoms with Gasteiger partial charge in [-0.25, -0.2) is 4.79 Å². The number of halogens is 1. The van der Waals surface area contributed by atoms with Crippen molar-refractivity contribution < 1.29 is 14.3 Å². The van der Waals surface area contributed by atoms with E-state index in [-0.39, 0.29) is 24.3 Å². The highest BCUT2D eigenvalue weighted by Crippen LogP contribution is 2.33. The Kier molecular flexibility index (Phi) is 7.63. The van der Waals surface area contributed by atoms with Gasteiger partial charge in [-0.3, -0.25) is 4.79 Å². The molecule has 1 unspecified atom stereocenters. The number of rotatable bonds is 5. The van der Waals surface area contributed by atoms with Gasteiger partial charge in [0, 0.05) is 6.42 Å². The first kappa shape index (κ1) is 19.2. The number of hydrogen-bond acceptors (Lipinski definition) is 4. The molecule has 1 saturated heterocycles. The number of hydrogen-bond donors (Lipinski definition) is 2. The molecule has 1 aliphatic heterocycles. The van der Waals surface area contributed by atoms with E-state index in [2.05, 4.69) is 17.6 Å². The fourth-order valence-electron chi connectivity index (χ4n) is 3.46. The third-order valence-corrected chi connectivity index (χ3v) is 5.02. The molecular formula is C16H29ClN2O3. The summed E-state index contributed by atoms with van der Waals surface area (Å²) in [5.74, 6) is 0.910. The Morgan fingerprint density at radius 1 is 1.27 bits per heavy atom. The lowest BCUT2D eigenvalue weighted by atomic mass is 9.77. The van der Waals surface area contributed by atoms with Gasteiger partial charge >= 0.3 is 5.97 Å². The minimum Gasteiger partial charge on any atom is -0.467 e. The summed E-state index contributed by atoms with van der Waals surface area (Å²) in [7, 11) is 1.40. The molecule has 5 nitrogen and oxygen atoms in total. The Morgan fingerprint density at radius 3 is 2.50 bits per heavy atom. The summed E-state index contributed by atoms with van der Waals surface area (Å²) in [6.07, 6.45) is 5.85. The monoisotopic (exact) mass is 332 g/mol. The van der Waals surface area contributed by atoms with Gasteiger partial charge in [0.2, 0.25) is 5.91 Å². The van der Waals surface area contributed by atoms with E-state index in [0.717, 1.165) is 38.8 Å². The van der Waals surface area contributed by atoms with Crippen LogP contribution in [0.4, 0.5) is 0 Å². The van der Waals surface area contributed by atoms with Gasteiger partial charge < -0.3 is 15.4 Å². The van der Waals surface area contributed by atoms with Gasteiger partial charge in [-0.05, 0) is 63.5 Å². The van der Waals surface area contributed by atoms with Gasteiger partial charge in [-0.15, -0.1) is 12.4 Å². The Morgan fingerprint density at radius 2 is 1.95 bits per heavy atom. The maximum absolute atomic E-state index is 12.2. The Hall–Kier alpha value is -0.810. The largest absolute Gasteiger partial charge is 0.467 e. The molecule has 2 aliphatic rings. The van der Waals surface area contributed by atoms with Crippen LogP contribution >= 0.6 is 12.4 Å². The molecule has 0 aromatic rings. The highest BCUT2D eigenvalue weighted by molar-refractivity contribution is 5.88. The lowest BCUT2D eigenvalue weighted by Gasteiger charge is -2.37. The first-order valence-electron chi connectivity index (χ1n) is 8.16. The third-order valence-electron chi connectivity index (χ3n) is 5.02. The number of methoxy groups -OCH3 is 1. The van der Waals surface area contributed by atoms with Crippen molar-refractivity contribution in [1.29, 1.82) is 0 Å². The SMILES string of the molecule is COC(=O)C1(NC(=O)CCC2CCNC2)CCC(C)CC1.Cl. The lowest BCUT2D eigenvalue weighted by molar-refractivity contribution is -0.153. The summed E-state index contributed by atoms with van der Waals surface area (Å²) in [5.41, 5.74) is -0.785. The zero-order chi connectivity index (χ0) is 15.3. The van der Waals surface area contributed by atoms with Gasteiger partial charge in [0.1, 0.15) is 5.54 Å². The average Bonchev–Trinajstić information content (AvgIpc) is 3.00. The fourth-order valence-corrected chi connectivity index (χ4v) is 3.46. The molecular weight excluding hydrogens is 304 g/mol. The van der Waals surface area contributed by atoms with E-state index >= 15 is 0 Å². The smallest absolute Gasteiger partial charge is 0.331 e. The molecule has 2 rings (SSSR count). The quantitative estimate of drug-likeness (QED) is 0.756. The van der Waals surface area contributed by atoms with Crippen molar-refractivity contribution in [3.8, 4) is 0 Å². The van der Waals surface area contributed by atoms with Gasteiger partial charge in [0.05, 0.1) is 7.11 Å². The zero-order valence-corrected chi connectivity index (χ0v) is 14.5. The Bertz CT molecular complexity index is 376. The van der Waals surface area contributed by atoms with E-state index < -0.39 is 5.54 Å². The van der Waals surface area contributed by atoms with Crippen LogP contribution in [0.1, 0.15) is 51.9 Å². The summed E-state index contributed by atoms with van der Waals surface area (Å²) in [4.78, 5) is 24.4. The van der Waals surface area contributed by atoms with E-state index in [1.807, 2.05) is 0 Å². The van der Waals surface area contributed by atoms with Crippen molar-refractivity contribution in [2.75, 3.05) is 20.2 Å². The van der Waals surface area contributed by atoms with E-state index in [9.17, 15) is 9.59 Å². The second-order valence-electron chi connectivity index (χ2n) is 6.70. The predicted octanol–water partition coefficient (Wildman–Crippen LogP) is 2.04. The number of carbonyl (C=O) groups is 2. The van der Waals surface area contributed by atoms with Crippen LogP contribution in [0.25, 0.3) is 0 Å². The minimum absolute atomic E-state index is 0. The van der Waals surface area contributed by atoms with E-state index in [0.29, 0.717) is 31.1 Å². The predicted molar refractivity (Wildman–Crippen MR) is 88.0 cm³/mol. The number of ether oxygens (including phenoxy) is 1. The molecule has 1 aliphatic carbocycles. The van der Waals surface area contributed by atoms with Gasteiger partial charge in [0.25, 0.3) is 0 Å². The molecule has 2 N–H and O–H groups in total. The summed E-state index contributed by atoms with van der Waals surface area (Å²) in [5, 5.41) is 6.31. The van der Waals surface area contributed by atoms with E-state index in [1.54, 1.807) is 0 Å². The molecule has 22 heavy (non-hydrogen) atoms. The van der Waals surface area contributed by atoms with Crippen molar-refractivity contribution >= 4 is 24.3 Å². The third kappa shape index (κ3) is 4.85. The fraction of sp³-hybridized carbons (Fsp3) is 0.875. The van der Waals surface area contributed by atoms with Crippen LogP contribution in [0.5, 0.6) is 0 Å². The topological polar surface area (TPSA) is 67.4 Å². The molecule has 1 saturated carbocycles. The molecule has 0 radical (unpaired) electrons. The second kappa shape index (κ2) is 8.73. The highest BCUT2D eigenvalue weighted by Gasteiger charge is 2.43. The number of nitrogens with one attached hydrogen (secondary N) is 2. The van der Waals surface area contributed by atoms with Crippen LogP contribution in [-0.2, 0) is 14.3 Å². The van der Waals surface area contributed by atoms with Crippen LogP contribution in [0.3, 0.4) is 0 Å². The van der Waals surface area contributed by atoms with Crippen molar-refractivity contribution in [3.05, 3.63) is 0 Å². The van der Waals surface area contributed by atoms with E-state index in [1.165, 1.54) is 7.11 Å². The van der Waals surface area contributed by atoms with Gasteiger partial charge in [-0.2, -0.15) is 0 Å². The molecule has 1 amide bonds. The van der Waals surface area contributed by atoms with Gasteiger partial charge in [-0.1, -0.05) is 6.92 Å². The summed E-state index contributed by atoms with van der Waals surface area (Å²) in [6.45, 7) is 4.25. The maximum atomic E-state index is 12.2. The first-order chi connectivity index (χ1) is 10.1. The zero-order valence-electron chi connectivity index (χ0n) is 13.7. The van der Waals surface area contributed by atoms with Crippen molar-refractivity contribution in [2.45, 2.75) is 57.4 Å². The van der Waals surface area contributed by atoms with Crippen LogP contribution in [0.15, 0.2) is 0 Å². The standard InChI is InChI=1S/C16H28N2O3.ClH/c1-12-5-8-16(9-6-12,15(20)21-2)18-14(19)4-3-13-7-10-17-11-13;/h12-13,17H,3-11H2,1-2H3,(H,18,19);1H. The van der Waals surface area contributed by atoms with Crippen LogP contribution in [0.2, 0.25) is 0 Å². The molecule has 6 heteroatoms. The average molecular weight is 333 g/mol. The van der Waals surface area contributed by atoms with Crippen LogP contribution in [-0.4, -0.2) is 37.6 Å². The normalized spacial score (nSPS) is 31.2. The van der Waals surface area contributed by atoms with Crippen molar-refractivity contribution in [2.24, 2.45) is 11.8 Å². The number of carbonyl (C=O) groups excluding carboxylic acids is 2. The molecule has 2 fully saturated rings. The minimum atomic E-state index is -0.785. The van der Waals surface area contributed by atoms with Crippen molar-refractivity contribution in [1.82, 2.24) is 10.6 Å². The summed E-state index contributed by atoms with van der Waals surface area (Å²) < 4.78 is 4.94. The van der Waals surface area contributed by atoms with Crippen LogP contribution in [0, 0.1) is 11.8 Å². The molecule has 0 aromatic heterocycles. The number of esters is 1. The molecule has 0 aromatic carbocycles. The molecule has 1 heterocycles. The molecule has 0 bridgehead atoms. The Balaban J connectivity index is 0.00000242. The highest BCUT2D eigenvalue weighted by atomic mass is 35.5. The molecule has 128 valence electrons. The van der Waals surface area contributed by atoms with E-state index in [4.69, 9.17) is 4.74 Å². The molecule has 0 spiro atoms. The summed E-state index contributed by atoms with van der Waals surface area (Å²) in [6, 6.07) is 0. The van der Waals surface area contributed by atoms with Crippen molar-refractivity contribution in [3.63, 3.8) is 0 Å². The van der Waals surface area contributed by atoms with Crippen LogP contribution < -0.4 is 10.6 Å². The first-order valence-corrected chi connectivity index (χ1v) is 8.16.